The Balaban J connectivity index is 2.65. The van der Waals surface area contributed by atoms with Crippen LogP contribution in [0.3, 0.4) is 0 Å². The summed E-state index contributed by atoms with van der Waals surface area (Å²) in [5.74, 6) is 0. The first-order valence-corrected chi connectivity index (χ1v) is 5.13. The summed E-state index contributed by atoms with van der Waals surface area (Å²) in [6.45, 7) is 1.80. The molecule has 0 aliphatic carbocycles. The summed E-state index contributed by atoms with van der Waals surface area (Å²) < 4.78 is 37.5. The van der Waals surface area contributed by atoms with Crippen LogP contribution in [-0.2, 0) is 0 Å². The fourth-order valence-corrected chi connectivity index (χ4v) is 1.83. The summed E-state index contributed by atoms with van der Waals surface area (Å²) in [6.07, 6.45) is -7.08. The van der Waals surface area contributed by atoms with Gasteiger partial charge in [0, 0.05) is 0 Å². The second-order valence-corrected chi connectivity index (χ2v) is 4.02. The first-order chi connectivity index (χ1) is 7.89. The number of fused-ring (bicyclic) bond motifs is 1. The summed E-state index contributed by atoms with van der Waals surface area (Å²) in [5, 5.41) is 10.5. The minimum Gasteiger partial charge on any atom is -0.379 e. The first kappa shape index (κ1) is 11.9. The normalized spacial score (nSPS) is 13.9. The van der Waals surface area contributed by atoms with Crippen molar-refractivity contribution < 1.29 is 18.3 Å². The number of aliphatic hydroxyl groups excluding tert-OH is 1. The number of hydrogen-bond donors (Lipinski definition) is 1. The van der Waals surface area contributed by atoms with Gasteiger partial charge in [0.25, 0.3) is 0 Å². The lowest BCUT2D eigenvalue weighted by atomic mass is 9.98. The molecule has 0 aromatic heterocycles. The van der Waals surface area contributed by atoms with Crippen molar-refractivity contribution >= 4 is 10.8 Å². The molecule has 2 aromatic carbocycles. The number of aliphatic hydroxyl groups is 1. The molecule has 17 heavy (non-hydrogen) atoms. The number of alkyl halides is 3. The molecule has 0 saturated carbocycles. The van der Waals surface area contributed by atoms with Crippen LogP contribution < -0.4 is 0 Å². The van der Waals surface area contributed by atoms with Gasteiger partial charge in [-0.15, -0.1) is 0 Å². The number of halogens is 3. The van der Waals surface area contributed by atoms with Gasteiger partial charge in [-0.2, -0.15) is 13.2 Å². The standard InChI is InChI=1S/C13H11F3O/c1-8-5-6-9-3-2-4-10(11(9)7-8)12(17)13(14,15)16/h2-7,12,17H,1H3. The Morgan fingerprint density at radius 1 is 1.12 bits per heavy atom. The van der Waals surface area contributed by atoms with Gasteiger partial charge in [0.15, 0.2) is 6.10 Å². The van der Waals surface area contributed by atoms with Crippen molar-refractivity contribution in [2.75, 3.05) is 0 Å². The molecule has 0 spiro atoms. The highest BCUT2D eigenvalue weighted by Crippen LogP contribution is 2.36. The first-order valence-electron chi connectivity index (χ1n) is 5.13. The predicted octanol–water partition coefficient (Wildman–Crippen LogP) is 3.74. The summed E-state index contributed by atoms with van der Waals surface area (Å²) in [7, 11) is 0. The highest BCUT2D eigenvalue weighted by molar-refractivity contribution is 5.86. The summed E-state index contributed by atoms with van der Waals surface area (Å²) in [5.41, 5.74) is 0.762. The topological polar surface area (TPSA) is 20.2 Å². The third-order valence-electron chi connectivity index (χ3n) is 2.68. The van der Waals surface area contributed by atoms with Gasteiger partial charge in [0.2, 0.25) is 0 Å². The molecule has 1 atom stereocenters. The van der Waals surface area contributed by atoms with Gasteiger partial charge in [-0.25, -0.2) is 0 Å². The van der Waals surface area contributed by atoms with Gasteiger partial charge in [0.1, 0.15) is 0 Å². The van der Waals surface area contributed by atoms with Crippen LogP contribution in [0.15, 0.2) is 36.4 Å². The molecule has 1 nitrogen and oxygen atoms in total. The molecule has 0 radical (unpaired) electrons. The zero-order valence-electron chi connectivity index (χ0n) is 9.12. The smallest absolute Gasteiger partial charge is 0.379 e. The van der Waals surface area contributed by atoms with Crippen molar-refractivity contribution in [1.82, 2.24) is 0 Å². The van der Waals surface area contributed by atoms with Crippen LogP contribution in [0.5, 0.6) is 0 Å². The van der Waals surface area contributed by atoms with Gasteiger partial charge in [-0.05, 0) is 23.3 Å². The maximum atomic E-state index is 12.5. The van der Waals surface area contributed by atoms with Crippen LogP contribution in [0, 0.1) is 6.92 Å². The second kappa shape index (κ2) is 4.04. The Morgan fingerprint density at radius 3 is 2.47 bits per heavy atom. The van der Waals surface area contributed by atoms with Crippen LogP contribution in [0.1, 0.15) is 17.2 Å². The second-order valence-electron chi connectivity index (χ2n) is 4.02. The molecule has 0 amide bonds. The number of rotatable bonds is 1. The number of aryl methyl sites for hydroxylation is 1. The van der Waals surface area contributed by atoms with Crippen LogP contribution >= 0.6 is 0 Å². The van der Waals surface area contributed by atoms with Crippen molar-refractivity contribution in [3.8, 4) is 0 Å². The van der Waals surface area contributed by atoms with Crippen molar-refractivity contribution in [3.63, 3.8) is 0 Å². The van der Waals surface area contributed by atoms with E-state index in [9.17, 15) is 18.3 Å². The molecular formula is C13H11F3O. The average Bonchev–Trinajstić information content (AvgIpc) is 2.26. The van der Waals surface area contributed by atoms with Gasteiger partial charge in [-0.3, -0.25) is 0 Å². The number of hydrogen-bond acceptors (Lipinski definition) is 1. The molecule has 2 aromatic rings. The van der Waals surface area contributed by atoms with Crippen molar-refractivity contribution in [3.05, 3.63) is 47.5 Å². The maximum Gasteiger partial charge on any atom is 0.418 e. The average molecular weight is 240 g/mol. The van der Waals surface area contributed by atoms with E-state index < -0.39 is 12.3 Å². The monoisotopic (exact) mass is 240 g/mol. The van der Waals surface area contributed by atoms with Crippen LogP contribution in [0.4, 0.5) is 13.2 Å². The fraction of sp³-hybridized carbons (Fsp3) is 0.231. The van der Waals surface area contributed by atoms with Gasteiger partial charge >= 0.3 is 6.18 Å². The van der Waals surface area contributed by atoms with Crippen molar-refractivity contribution in [2.24, 2.45) is 0 Å². The molecule has 4 heteroatoms. The van der Waals surface area contributed by atoms with E-state index in [0.717, 1.165) is 5.56 Å². The Bertz CT molecular complexity index is 546. The van der Waals surface area contributed by atoms with Crippen molar-refractivity contribution in [1.29, 1.82) is 0 Å². The molecule has 0 saturated heterocycles. The third-order valence-corrected chi connectivity index (χ3v) is 2.68. The van der Waals surface area contributed by atoms with E-state index in [1.54, 1.807) is 25.1 Å². The van der Waals surface area contributed by atoms with Gasteiger partial charge < -0.3 is 5.11 Å². The Kier molecular flexibility index (Phi) is 2.83. The minimum atomic E-state index is -4.64. The summed E-state index contributed by atoms with van der Waals surface area (Å²) >= 11 is 0. The van der Waals surface area contributed by atoms with Crippen LogP contribution in [0.2, 0.25) is 0 Å². The lowest BCUT2D eigenvalue weighted by Crippen LogP contribution is -2.20. The highest BCUT2D eigenvalue weighted by Gasteiger charge is 2.40. The number of benzene rings is 2. The molecular weight excluding hydrogens is 229 g/mol. The molecule has 1 unspecified atom stereocenters. The lowest BCUT2D eigenvalue weighted by molar-refractivity contribution is -0.206. The lowest BCUT2D eigenvalue weighted by Gasteiger charge is -2.17. The quantitative estimate of drug-likeness (QED) is 0.805. The minimum absolute atomic E-state index is 0.0984. The van der Waals surface area contributed by atoms with Gasteiger partial charge in [-0.1, -0.05) is 42.0 Å². The molecule has 0 bridgehead atoms. The SMILES string of the molecule is Cc1ccc2cccc(C(O)C(F)(F)F)c2c1. The van der Waals surface area contributed by atoms with E-state index in [1.807, 2.05) is 6.07 Å². The molecule has 0 fully saturated rings. The van der Waals surface area contributed by atoms with Crippen LogP contribution in [0.25, 0.3) is 10.8 Å². The van der Waals surface area contributed by atoms with Crippen molar-refractivity contribution in [2.45, 2.75) is 19.2 Å². The molecule has 2 rings (SSSR count). The molecule has 0 aliphatic heterocycles. The van der Waals surface area contributed by atoms with E-state index in [1.165, 1.54) is 12.1 Å². The van der Waals surface area contributed by atoms with E-state index >= 15 is 0 Å². The van der Waals surface area contributed by atoms with Crippen LogP contribution in [-0.4, -0.2) is 11.3 Å². The van der Waals surface area contributed by atoms with Gasteiger partial charge in [0.05, 0.1) is 0 Å². The zero-order chi connectivity index (χ0) is 12.6. The molecule has 0 heterocycles. The highest BCUT2D eigenvalue weighted by atomic mass is 19.4. The molecule has 90 valence electrons. The largest absolute Gasteiger partial charge is 0.418 e. The predicted molar refractivity (Wildman–Crippen MR) is 59.7 cm³/mol. The summed E-state index contributed by atoms with van der Waals surface area (Å²) in [4.78, 5) is 0. The van der Waals surface area contributed by atoms with E-state index in [-0.39, 0.29) is 5.56 Å². The van der Waals surface area contributed by atoms with E-state index in [2.05, 4.69) is 0 Å². The Hall–Kier alpha value is -1.55. The molecule has 1 N–H and O–H groups in total. The summed E-state index contributed by atoms with van der Waals surface area (Å²) in [6, 6.07) is 9.77. The van der Waals surface area contributed by atoms with E-state index in [0.29, 0.717) is 10.8 Å². The fourth-order valence-electron chi connectivity index (χ4n) is 1.83. The Labute approximate surface area is 96.5 Å². The third kappa shape index (κ3) is 2.26. The van der Waals surface area contributed by atoms with E-state index in [4.69, 9.17) is 0 Å². The zero-order valence-corrected chi connectivity index (χ0v) is 9.12. The molecule has 0 aliphatic rings. The Morgan fingerprint density at radius 2 is 1.82 bits per heavy atom. The maximum absolute atomic E-state index is 12.5.